The van der Waals surface area contributed by atoms with Gasteiger partial charge in [-0.05, 0) is 18.2 Å². The molecule has 0 saturated heterocycles. The van der Waals surface area contributed by atoms with E-state index in [2.05, 4.69) is 5.32 Å². The molecule has 2 aromatic rings. The van der Waals surface area contributed by atoms with Crippen molar-refractivity contribution >= 4 is 17.3 Å². The molecule has 0 bridgehead atoms. The molecule has 8 nitrogen and oxygen atoms in total. The maximum Gasteiger partial charge on any atom is 0.405 e. The number of carbonyl (C=O) groups is 1. The Morgan fingerprint density at radius 3 is 2.48 bits per heavy atom. The number of H-pyrrole nitrogens is 1. The fraction of sp³-hybridized carbons (Fsp3) is 0.267. The van der Waals surface area contributed by atoms with Gasteiger partial charge in [-0.3, -0.25) is 19.1 Å². The molecular weight excluding hydrogens is 376 g/mol. The predicted molar refractivity (Wildman–Crippen MR) is 87.3 cm³/mol. The van der Waals surface area contributed by atoms with Crippen LogP contribution in [0.2, 0.25) is 0 Å². The Kier molecular flexibility index (Phi) is 6.00. The van der Waals surface area contributed by atoms with E-state index in [1.807, 2.05) is 10.3 Å². The molecule has 1 aromatic heterocycles. The summed E-state index contributed by atoms with van der Waals surface area (Å²) in [6.45, 7) is -2.01. The number of anilines is 2. The summed E-state index contributed by atoms with van der Waals surface area (Å²) in [7, 11) is 0. The highest BCUT2D eigenvalue weighted by atomic mass is 19.4. The average Bonchev–Trinajstić information content (AvgIpc) is 2.54. The molecule has 1 aromatic carbocycles. The number of aliphatic hydroxyl groups excluding tert-OH is 1. The summed E-state index contributed by atoms with van der Waals surface area (Å²) in [6, 6.07) is 2.69. The number of halogens is 4. The van der Waals surface area contributed by atoms with Gasteiger partial charge in [0.2, 0.25) is 0 Å². The topological polar surface area (TPSA) is 116 Å². The van der Waals surface area contributed by atoms with Gasteiger partial charge in [0.05, 0.1) is 13.2 Å². The van der Waals surface area contributed by atoms with Gasteiger partial charge in [-0.25, -0.2) is 9.18 Å². The number of aliphatic hydroxyl groups is 1. The first-order valence-corrected chi connectivity index (χ1v) is 7.46. The van der Waals surface area contributed by atoms with Crippen LogP contribution in [0.15, 0.2) is 34.0 Å². The highest BCUT2D eigenvalue weighted by molar-refractivity contribution is 6.04. The third-order valence-electron chi connectivity index (χ3n) is 3.25. The van der Waals surface area contributed by atoms with E-state index in [4.69, 9.17) is 5.11 Å². The number of carbonyl (C=O) groups excluding carboxylic acids is 1. The number of nitrogens with one attached hydrogen (secondary N) is 3. The minimum absolute atomic E-state index is 0.179. The van der Waals surface area contributed by atoms with Crippen molar-refractivity contribution < 1.29 is 27.5 Å². The molecule has 0 aliphatic rings. The van der Waals surface area contributed by atoms with E-state index in [1.54, 1.807) is 0 Å². The SMILES string of the molecule is O=C(Nc1cc(F)cc(NCC(F)(F)F)c1)c1cn(CCO)c(=O)[nH]c1=O. The first-order valence-electron chi connectivity index (χ1n) is 7.46. The molecule has 1 amide bonds. The second kappa shape index (κ2) is 8.03. The minimum Gasteiger partial charge on any atom is -0.395 e. The van der Waals surface area contributed by atoms with Crippen molar-refractivity contribution in [2.24, 2.45) is 0 Å². The van der Waals surface area contributed by atoms with Crippen molar-refractivity contribution in [2.45, 2.75) is 12.7 Å². The molecule has 146 valence electrons. The van der Waals surface area contributed by atoms with E-state index in [9.17, 15) is 31.9 Å². The first-order chi connectivity index (χ1) is 12.6. The van der Waals surface area contributed by atoms with Crippen LogP contribution in [0.3, 0.4) is 0 Å². The van der Waals surface area contributed by atoms with Crippen LogP contribution in [0.1, 0.15) is 10.4 Å². The molecule has 4 N–H and O–H groups in total. The van der Waals surface area contributed by atoms with Crippen LogP contribution in [-0.4, -0.2) is 39.9 Å². The largest absolute Gasteiger partial charge is 0.405 e. The molecule has 27 heavy (non-hydrogen) atoms. The molecule has 0 unspecified atom stereocenters. The van der Waals surface area contributed by atoms with E-state index in [0.717, 1.165) is 29.0 Å². The van der Waals surface area contributed by atoms with Gasteiger partial charge in [0.1, 0.15) is 17.9 Å². The quantitative estimate of drug-likeness (QED) is 0.547. The number of alkyl halides is 3. The van der Waals surface area contributed by atoms with Gasteiger partial charge < -0.3 is 15.7 Å². The molecule has 0 atom stereocenters. The Balaban J connectivity index is 2.25. The monoisotopic (exact) mass is 390 g/mol. The standard InChI is InChI=1S/C15H14F4N4O4/c16-8-3-9(20-7-15(17,18)19)5-10(4-8)21-12(25)11-6-23(1-2-24)14(27)22-13(11)26/h3-6,20,24H,1-2,7H2,(H,21,25)(H,22,26,27). The Hall–Kier alpha value is -3.15. The van der Waals surface area contributed by atoms with Crippen LogP contribution < -0.4 is 21.9 Å². The number of aromatic nitrogens is 2. The normalized spacial score (nSPS) is 11.3. The van der Waals surface area contributed by atoms with E-state index in [0.29, 0.717) is 0 Å². The van der Waals surface area contributed by atoms with Gasteiger partial charge in [0, 0.05) is 17.6 Å². The fourth-order valence-corrected chi connectivity index (χ4v) is 2.11. The lowest BCUT2D eigenvalue weighted by Gasteiger charge is -2.12. The van der Waals surface area contributed by atoms with Crippen molar-refractivity contribution in [1.82, 2.24) is 9.55 Å². The second-order valence-corrected chi connectivity index (χ2v) is 5.37. The first kappa shape index (κ1) is 20.2. The number of aromatic amines is 1. The molecule has 0 aliphatic heterocycles. The van der Waals surface area contributed by atoms with Crippen LogP contribution in [-0.2, 0) is 6.54 Å². The molecule has 1 heterocycles. The van der Waals surface area contributed by atoms with Crippen LogP contribution in [0.5, 0.6) is 0 Å². The summed E-state index contributed by atoms with van der Waals surface area (Å²) in [6.07, 6.45) is -3.61. The number of amides is 1. The second-order valence-electron chi connectivity index (χ2n) is 5.37. The third kappa shape index (κ3) is 5.67. The van der Waals surface area contributed by atoms with Gasteiger partial charge in [0.25, 0.3) is 11.5 Å². The van der Waals surface area contributed by atoms with Crippen molar-refractivity contribution in [3.05, 3.63) is 56.6 Å². The summed E-state index contributed by atoms with van der Waals surface area (Å²) in [5.41, 5.74) is -2.80. The fourth-order valence-electron chi connectivity index (χ4n) is 2.11. The molecule has 0 saturated carbocycles. The van der Waals surface area contributed by atoms with Gasteiger partial charge >= 0.3 is 11.9 Å². The van der Waals surface area contributed by atoms with E-state index in [-0.39, 0.29) is 17.9 Å². The molecule has 2 rings (SSSR count). The summed E-state index contributed by atoms with van der Waals surface area (Å²) in [4.78, 5) is 37.4. The molecule has 0 radical (unpaired) electrons. The zero-order chi connectivity index (χ0) is 20.2. The maximum atomic E-state index is 13.6. The number of benzene rings is 1. The summed E-state index contributed by atoms with van der Waals surface area (Å²) >= 11 is 0. The minimum atomic E-state index is -4.52. The number of hydrogen-bond donors (Lipinski definition) is 4. The Morgan fingerprint density at radius 2 is 1.85 bits per heavy atom. The lowest BCUT2D eigenvalue weighted by Crippen LogP contribution is -2.35. The van der Waals surface area contributed by atoms with E-state index < -0.39 is 47.9 Å². The lowest BCUT2D eigenvalue weighted by atomic mass is 10.2. The molecular formula is C15H14F4N4O4. The van der Waals surface area contributed by atoms with Crippen molar-refractivity contribution in [3.8, 4) is 0 Å². The highest BCUT2D eigenvalue weighted by Crippen LogP contribution is 2.21. The number of rotatable bonds is 6. The summed E-state index contributed by atoms with van der Waals surface area (Å²) in [5, 5.41) is 13.0. The Morgan fingerprint density at radius 1 is 1.19 bits per heavy atom. The summed E-state index contributed by atoms with van der Waals surface area (Å²) in [5.74, 6) is -1.94. The molecule has 0 aliphatic carbocycles. The molecule has 12 heteroatoms. The molecule has 0 fully saturated rings. The summed E-state index contributed by atoms with van der Waals surface area (Å²) < 4.78 is 51.2. The number of hydrogen-bond acceptors (Lipinski definition) is 5. The van der Waals surface area contributed by atoms with Crippen LogP contribution in [0, 0.1) is 5.82 Å². The zero-order valence-corrected chi connectivity index (χ0v) is 13.6. The van der Waals surface area contributed by atoms with E-state index in [1.165, 1.54) is 0 Å². The van der Waals surface area contributed by atoms with Crippen molar-refractivity contribution in [1.29, 1.82) is 0 Å². The molecule has 0 spiro atoms. The lowest BCUT2D eigenvalue weighted by molar-refractivity contribution is -0.115. The Labute approximate surface area is 148 Å². The van der Waals surface area contributed by atoms with Crippen molar-refractivity contribution in [2.75, 3.05) is 23.8 Å². The predicted octanol–water partition coefficient (Wildman–Crippen LogP) is 0.894. The van der Waals surface area contributed by atoms with Crippen LogP contribution in [0.4, 0.5) is 28.9 Å². The Bertz CT molecular complexity index is 952. The maximum absolute atomic E-state index is 13.6. The smallest absolute Gasteiger partial charge is 0.395 e. The van der Waals surface area contributed by atoms with Crippen LogP contribution in [0.25, 0.3) is 0 Å². The highest BCUT2D eigenvalue weighted by Gasteiger charge is 2.26. The third-order valence-corrected chi connectivity index (χ3v) is 3.25. The van der Waals surface area contributed by atoms with Gasteiger partial charge in [0.15, 0.2) is 0 Å². The number of nitrogens with zero attached hydrogens (tertiary/aromatic N) is 1. The van der Waals surface area contributed by atoms with Crippen molar-refractivity contribution in [3.63, 3.8) is 0 Å². The van der Waals surface area contributed by atoms with E-state index >= 15 is 0 Å². The van der Waals surface area contributed by atoms with Gasteiger partial charge in [-0.2, -0.15) is 13.2 Å². The zero-order valence-electron chi connectivity index (χ0n) is 13.6. The van der Waals surface area contributed by atoms with Crippen LogP contribution >= 0.6 is 0 Å². The average molecular weight is 390 g/mol. The van der Waals surface area contributed by atoms with Gasteiger partial charge in [-0.1, -0.05) is 0 Å². The van der Waals surface area contributed by atoms with Gasteiger partial charge in [-0.15, -0.1) is 0 Å².